The average Bonchev–Trinajstić information content (AvgIpc) is 2.26. The summed E-state index contributed by atoms with van der Waals surface area (Å²) in [6, 6.07) is 0. The molecule has 1 atom stereocenters. The van der Waals surface area contributed by atoms with Gasteiger partial charge in [-0.1, -0.05) is 6.58 Å². The summed E-state index contributed by atoms with van der Waals surface area (Å²) in [7, 11) is 1.18. The standard InChI is InChI=1S/C13H20O6/c1-8(9(14)15)6-13(4,11(18)19-5)7-12(2,3)10(16)17/h1,6-7H2,2-5H3,(H,14,15)(H,16,17). The lowest BCUT2D eigenvalue weighted by molar-refractivity contribution is -0.158. The van der Waals surface area contributed by atoms with Crippen molar-refractivity contribution in [3.05, 3.63) is 12.2 Å². The summed E-state index contributed by atoms with van der Waals surface area (Å²) in [5, 5.41) is 18.0. The predicted octanol–water partition coefficient (Wildman–Crippen LogP) is 1.70. The Bertz CT molecular complexity index is 409. The number of methoxy groups -OCH3 is 1. The molecule has 0 amide bonds. The normalized spacial score (nSPS) is 14.3. The van der Waals surface area contributed by atoms with Crippen molar-refractivity contribution in [3.8, 4) is 0 Å². The SMILES string of the molecule is C=C(CC(C)(CC(C)(C)C(=O)O)C(=O)OC)C(=O)O. The molecule has 0 bridgehead atoms. The van der Waals surface area contributed by atoms with Crippen LogP contribution in [-0.4, -0.2) is 35.2 Å². The van der Waals surface area contributed by atoms with Gasteiger partial charge < -0.3 is 14.9 Å². The van der Waals surface area contributed by atoms with E-state index in [0.717, 1.165) is 0 Å². The van der Waals surface area contributed by atoms with E-state index in [-0.39, 0.29) is 18.4 Å². The summed E-state index contributed by atoms with van der Waals surface area (Å²) >= 11 is 0. The first-order chi connectivity index (χ1) is 8.46. The molecule has 0 aliphatic carbocycles. The molecule has 0 aromatic rings. The molecule has 108 valence electrons. The van der Waals surface area contributed by atoms with Crippen LogP contribution in [-0.2, 0) is 19.1 Å². The smallest absolute Gasteiger partial charge is 0.330 e. The Morgan fingerprint density at radius 1 is 1.16 bits per heavy atom. The van der Waals surface area contributed by atoms with Gasteiger partial charge in [0.15, 0.2) is 0 Å². The van der Waals surface area contributed by atoms with Gasteiger partial charge >= 0.3 is 17.9 Å². The highest BCUT2D eigenvalue weighted by molar-refractivity contribution is 5.88. The molecule has 2 N–H and O–H groups in total. The molecule has 6 heteroatoms. The Labute approximate surface area is 112 Å². The largest absolute Gasteiger partial charge is 0.481 e. The number of ether oxygens (including phenoxy) is 1. The molecular formula is C13H20O6. The monoisotopic (exact) mass is 272 g/mol. The van der Waals surface area contributed by atoms with Gasteiger partial charge in [-0.05, 0) is 33.6 Å². The van der Waals surface area contributed by atoms with E-state index in [1.807, 2.05) is 0 Å². The van der Waals surface area contributed by atoms with Crippen LogP contribution in [0.25, 0.3) is 0 Å². The molecule has 0 saturated heterocycles. The van der Waals surface area contributed by atoms with Crippen molar-refractivity contribution in [2.75, 3.05) is 7.11 Å². The maximum absolute atomic E-state index is 11.8. The van der Waals surface area contributed by atoms with Crippen LogP contribution in [0.15, 0.2) is 12.2 Å². The van der Waals surface area contributed by atoms with Crippen molar-refractivity contribution < 1.29 is 29.3 Å². The van der Waals surface area contributed by atoms with E-state index in [9.17, 15) is 14.4 Å². The highest BCUT2D eigenvalue weighted by atomic mass is 16.5. The number of carboxylic acid groups (broad SMARTS) is 2. The zero-order valence-electron chi connectivity index (χ0n) is 11.6. The van der Waals surface area contributed by atoms with E-state index in [4.69, 9.17) is 10.2 Å². The number of hydrogen-bond donors (Lipinski definition) is 2. The molecule has 0 fully saturated rings. The molecule has 1 unspecified atom stereocenters. The average molecular weight is 272 g/mol. The van der Waals surface area contributed by atoms with Gasteiger partial charge in [0.1, 0.15) is 0 Å². The molecule has 0 aromatic carbocycles. The third-order valence-electron chi connectivity index (χ3n) is 3.00. The lowest BCUT2D eigenvalue weighted by Crippen LogP contribution is -2.38. The van der Waals surface area contributed by atoms with Crippen LogP contribution in [0.1, 0.15) is 33.6 Å². The van der Waals surface area contributed by atoms with Crippen molar-refractivity contribution >= 4 is 17.9 Å². The van der Waals surface area contributed by atoms with E-state index in [0.29, 0.717) is 0 Å². The van der Waals surface area contributed by atoms with Crippen molar-refractivity contribution in [2.24, 2.45) is 10.8 Å². The van der Waals surface area contributed by atoms with E-state index in [2.05, 4.69) is 11.3 Å². The fraction of sp³-hybridized carbons (Fsp3) is 0.615. The first-order valence-electron chi connectivity index (χ1n) is 5.69. The highest BCUT2D eigenvalue weighted by Crippen LogP contribution is 2.39. The van der Waals surface area contributed by atoms with Gasteiger partial charge in [0, 0.05) is 5.57 Å². The van der Waals surface area contributed by atoms with Crippen LogP contribution in [0.2, 0.25) is 0 Å². The van der Waals surface area contributed by atoms with Crippen molar-refractivity contribution in [3.63, 3.8) is 0 Å². The van der Waals surface area contributed by atoms with Gasteiger partial charge in [-0.3, -0.25) is 9.59 Å². The minimum absolute atomic E-state index is 0.0473. The van der Waals surface area contributed by atoms with Crippen molar-refractivity contribution in [1.82, 2.24) is 0 Å². The van der Waals surface area contributed by atoms with Crippen LogP contribution >= 0.6 is 0 Å². The number of rotatable bonds is 7. The van der Waals surface area contributed by atoms with Crippen LogP contribution in [0, 0.1) is 10.8 Å². The van der Waals surface area contributed by atoms with Crippen LogP contribution in [0.4, 0.5) is 0 Å². The first-order valence-corrected chi connectivity index (χ1v) is 5.69. The van der Waals surface area contributed by atoms with Crippen LogP contribution < -0.4 is 0 Å². The zero-order chi connectivity index (χ0) is 15.4. The van der Waals surface area contributed by atoms with Crippen LogP contribution in [0.5, 0.6) is 0 Å². The summed E-state index contributed by atoms with van der Waals surface area (Å²) < 4.78 is 4.66. The molecule has 0 aliphatic heterocycles. The minimum atomic E-state index is -1.24. The van der Waals surface area contributed by atoms with E-state index in [1.165, 1.54) is 27.9 Å². The van der Waals surface area contributed by atoms with Crippen molar-refractivity contribution in [1.29, 1.82) is 0 Å². The number of aliphatic carboxylic acids is 2. The second-order valence-corrected chi connectivity index (χ2v) is 5.50. The van der Waals surface area contributed by atoms with Gasteiger partial charge in [-0.2, -0.15) is 0 Å². The third-order valence-corrected chi connectivity index (χ3v) is 3.00. The van der Waals surface area contributed by atoms with E-state index in [1.54, 1.807) is 0 Å². The molecule has 0 aliphatic rings. The summed E-state index contributed by atoms with van der Waals surface area (Å²) in [4.78, 5) is 33.8. The lowest BCUT2D eigenvalue weighted by atomic mass is 9.71. The first kappa shape index (κ1) is 17.2. The number of carbonyl (C=O) groups is 3. The topological polar surface area (TPSA) is 101 Å². The molecule has 0 spiro atoms. The molecule has 0 aromatic heterocycles. The summed E-state index contributed by atoms with van der Waals surface area (Å²) in [6.07, 6.45) is -0.208. The molecular weight excluding hydrogens is 252 g/mol. The zero-order valence-corrected chi connectivity index (χ0v) is 11.6. The Hall–Kier alpha value is -1.85. The van der Waals surface area contributed by atoms with Gasteiger partial charge in [-0.15, -0.1) is 0 Å². The Balaban J connectivity index is 5.32. The quantitative estimate of drug-likeness (QED) is 0.540. The van der Waals surface area contributed by atoms with Gasteiger partial charge in [0.25, 0.3) is 0 Å². The lowest BCUT2D eigenvalue weighted by Gasteiger charge is -2.33. The van der Waals surface area contributed by atoms with Crippen molar-refractivity contribution in [2.45, 2.75) is 33.6 Å². The molecule has 0 rings (SSSR count). The fourth-order valence-corrected chi connectivity index (χ4v) is 2.05. The highest BCUT2D eigenvalue weighted by Gasteiger charge is 2.43. The fourth-order valence-electron chi connectivity index (χ4n) is 2.05. The molecule has 0 saturated carbocycles. The maximum atomic E-state index is 11.8. The number of esters is 1. The molecule has 0 radical (unpaired) electrons. The number of carbonyl (C=O) groups excluding carboxylic acids is 1. The second-order valence-electron chi connectivity index (χ2n) is 5.50. The second kappa shape index (κ2) is 5.86. The summed E-state index contributed by atoms with van der Waals surface area (Å²) in [5.41, 5.74) is -2.58. The van der Waals surface area contributed by atoms with Gasteiger partial charge in [0.05, 0.1) is 17.9 Å². The summed E-state index contributed by atoms with van der Waals surface area (Å²) in [6.45, 7) is 7.80. The third kappa shape index (κ3) is 4.39. The maximum Gasteiger partial charge on any atom is 0.330 e. The molecule has 6 nitrogen and oxygen atoms in total. The van der Waals surface area contributed by atoms with E-state index >= 15 is 0 Å². The Morgan fingerprint density at radius 2 is 1.63 bits per heavy atom. The predicted molar refractivity (Wildman–Crippen MR) is 67.5 cm³/mol. The Kier molecular flexibility index (Phi) is 5.29. The van der Waals surface area contributed by atoms with Gasteiger partial charge in [-0.25, -0.2) is 4.79 Å². The number of carboxylic acids is 2. The summed E-state index contributed by atoms with van der Waals surface area (Å²) in [5.74, 6) is -2.93. The van der Waals surface area contributed by atoms with Gasteiger partial charge in [0.2, 0.25) is 0 Å². The van der Waals surface area contributed by atoms with E-state index < -0.39 is 28.7 Å². The molecule has 0 heterocycles. The Morgan fingerprint density at radius 3 is 1.95 bits per heavy atom. The minimum Gasteiger partial charge on any atom is -0.481 e. The van der Waals surface area contributed by atoms with Crippen LogP contribution in [0.3, 0.4) is 0 Å². The number of hydrogen-bond acceptors (Lipinski definition) is 4. The molecule has 19 heavy (non-hydrogen) atoms.